The van der Waals surface area contributed by atoms with Crippen LogP contribution in [0.4, 0.5) is 0 Å². The highest BCUT2D eigenvalue weighted by molar-refractivity contribution is 8.00. The van der Waals surface area contributed by atoms with Gasteiger partial charge in [0.15, 0.2) is 0 Å². The number of rotatable bonds is 1. The second-order valence-corrected chi connectivity index (χ2v) is 7.27. The van der Waals surface area contributed by atoms with E-state index in [-0.39, 0.29) is 4.75 Å². The molecule has 1 aliphatic heterocycles. The summed E-state index contributed by atoms with van der Waals surface area (Å²) in [5.41, 5.74) is 3.77. The van der Waals surface area contributed by atoms with Crippen molar-refractivity contribution >= 4 is 23.4 Å². The third-order valence-corrected chi connectivity index (χ3v) is 5.71. The van der Waals surface area contributed by atoms with Crippen LogP contribution in [-0.4, -0.2) is 4.57 Å². The van der Waals surface area contributed by atoms with Crippen LogP contribution in [0.15, 0.2) is 71.8 Å². The number of halogens is 1. The van der Waals surface area contributed by atoms with Crippen molar-refractivity contribution in [3.8, 4) is 5.69 Å². The fourth-order valence-corrected chi connectivity index (χ4v) is 4.55. The molecule has 0 spiro atoms. The average Bonchev–Trinajstić information content (AvgIpc) is 2.98. The number of aromatic nitrogens is 1. The van der Waals surface area contributed by atoms with E-state index in [0.717, 1.165) is 5.02 Å². The van der Waals surface area contributed by atoms with Crippen molar-refractivity contribution in [3.05, 3.63) is 83.1 Å². The molecule has 1 aliphatic rings. The van der Waals surface area contributed by atoms with E-state index in [1.807, 2.05) is 23.9 Å². The van der Waals surface area contributed by atoms with Crippen LogP contribution in [0.3, 0.4) is 0 Å². The zero-order valence-electron chi connectivity index (χ0n) is 11.6. The second kappa shape index (κ2) is 4.69. The van der Waals surface area contributed by atoms with E-state index in [0.29, 0.717) is 0 Å². The number of hydrogen-bond donors (Lipinski definition) is 0. The van der Waals surface area contributed by atoms with Gasteiger partial charge >= 0.3 is 0 Å². The minimum atomic E-state index is -0.136. The largest absolute Gasteiger partial charge is 0.318 e. The van der Waals surface area contributed by atoms with E-state index in [1.165, 1.54) is 21.8 Å². The molecule has 0 bridgehead atoms. The molecule has 2 heterocycles. The maximum absolute atomic E-state index is 6.21. The molecule has 3 heteroatoms. The Hall–Kier alpha value is -1.64. The van der Waals surface area contributed by atoms with Gasteiger partial charge in [-0.05, 0) is 48.9 Å². The molecule has 0 radical (unpaired) electrons. The maximum Gasteiger partial charge on any atom is 0.0832 e. The Kier molecular flexibility index (Phi) is 2.91. The molecule has 0 amide bonds. The second-order valence-electron chi connectivity index (χ2n) is 5.38. The Balaban J connectivity index is 1.97. The van der Waals surface area contributed by atoms with E-state index in [4.69, 9.17) is 11.6 Å². The van der Waals surface area contributed by atoms with Crippen LogP contribution in [0.1, 0.15) is 18.2 Å². The molecule has 1 aromatic heterocycles. The molecule has 0 saturated carbocycles. The number of thioether (sulfide) groups is 1. The van der Waals surface area contributed by atoms with Crippen molar-refractivity contribution in [2.45, 2.75) is 16.6 Å². The van der Waals surface area contributed by atoms with Crippen molar-refractivity contribution in [2.75, 3.05) is 0 Å². The molecule has 3 aromatic rings. The molecule has 2 aromatic carbocycles. The predicted molar refractivity (Wildman–Crippen MR) is 89.5 cm³/mol. The summed E-state index contributed by atoms with van der Waals surface area (Å²) in [6.45, 7) is 2.27. The molecule has 104 valence electrons. The van der Waals surface area contributed by atoms with Crippen molar-refractivity contribution in [3.63, 3.8) is 0 Å². The fourth-order valence-electron chi connectivity index (χ4n) is 2.99. The van der Waals surface area contributed by atoms with Gasteiger partial charge in [0.05, 0.1) is 10.4 Å². The van der Waals surface area contributed by atoms with Crippen LogP contribution in [0, 0.1) is 0 Å². The van der Waals surface area contributed by atoms with Crippen LogP contribution >= 0.6 is 23.4 Å². The average molecular weight is 312 g/mol. The van der Waals surface area contributed by atoms with Gasteiger partial charge in [-0.25, -0.2) is 0 Å². The van der Waals surface area contributed by atoms with Crippen molar-refractivity contribution < 1.29 is 0 Å². The first kappa shape index (κ1) is 13.1. The van der Waals surface area contributed by atoms with Crippen molar-refractivity contribution in [2.24, 2.45) is 0 Å². The Morgan fingerprint density at radius 2 is 1.86 bits per heavy atom. The lowest BCUT2D eigenvalue weighted by Gasteiger charge is -2.36. The van der Waals surface area contributed by atoms with Gasteiger partial charge in [0.25, 0.3) is 0 Å². The molecule has 1 nitrogen and oxygen atoms in total. The first-order valence-corrected chi connectivity index (χ1v) is 8.10. The molecule has 0 fully saturated rings. The smallest absolute Gasteiger partial charge is 0.0832 e. The van der Waals surface area contributed by atoms with Crippen LogP contribution in [0.25, 0.3) is 5.69 Å². The third-order valence-electron chi connectivity index (χ3n) is 4.05. The van der Waals surface area contributed by atoms with Gasteiger partial charge in [-0.3, -0.25) is 0 Å². The predicted octanol–water partition coefficient (Wildman–Crippen LogP) is 5.50. The van der Waals surface area contributed by atoms with Crippen molar-refractivity contribution in [1.29, 1.82) is 0 Å². The van der Waals surface area contributed by atoms with Gasteiger partial charge in [-0.1, -0.05) is 35.9 Å². The summed E-state index contributed by atoms with van der Waals surface area (Å²) in [6.07, 6.45) is 2.14. The normalized spacial score (nSPS) is 19.9. The minimum Gasteiger partial charge on any atom is -0.318 e. The zero-order valence-corrected chi connectivity index (χ0v) is 13.2. The van der Waals surface area contributed by atoms with Crippen molar-refractivity contribution in [1.82, 2.24) is 4.57 Å². The lowest BCUT2D eigenvalue weighted by molar-refractivity contribution is 0.744. The molecule has 1 atom stereocenters. The number of fused-ring (bicyclic) bond motifs is 3. The topological polar surface area (TPSA) is 4.93 Å². The fraction of sp³-hybridized carbons (Fsp3) is 0.111. The van der Waals surface area contributed by atoms with E-state index in [2.05, 4.69) is 66.2 Å². The van der Waals surface area contributed by atoms with E-state index in [9.17, 15) is 0 Å². The van der Waals surface area contributed by atoms with Crippen LogP contribution in [0.2, 0.25) is 5.02 Å². The van der Waals surface area contributed by atoms with Crippen LogP contribution in [-0.2, 0) is 4.75 Å². The summed E-state index contributed by atoms with van der Waals surface area (Å²) in [6, 6.07) is 21.0. The zero-order chi connectivity index (χ0) is 14.4. The Morgan fingerprint density at radius 1 is 1.00 bits per heavy atom. The van der Waals surface area contributed by atoms with Crippen LogP contribution < -0.4 is 0 Å². The maximum atomic E-state index is 6.21. The van der Waals surface area contributed by atoms with Gasteiger partial charge in [0, 0.05) is 21.8 Å². The van der Waals surface area contributed by atoms with Gasteiger partial charge < -0.3 is 4.57 Å². The molecular weight excluding hydrogens is 298 g/mol. The molecule has 4 rings (SSSR count). The Labute approximate surface area is 133 Å². The number of benzene rings is 2. The lowest BCUT2D eigenvalue weighted by Crippen LogP contribution is -2.26. The van der Waals surface area contributed by atoms with E-state index < -0.39 is 0 Å². The SMILES string of the molecule is CC1(c2cccc(Cl)c2)Sc2ccccc2-n2cccc21. The highest BCUT2D eigenvalue weighted by Crippen LogP contribution is 2.52. The molecular formula is C18H14ClNS. The first-order chi connectivity index (χ1) is 10.2. The van der Waals surface area contributed by atoms with Crippen LogP contribution in [0.5, 0.6) is 0 Å². The Bertz CT molecular complexity index is 823. The molecule has 0 saturated heterocycles. The number of hydrogen-bond acceptors (Lipinski definition) is 1. The summed E-state index contributed by atoms with van der Waals surface area (Å²) in [5.74, 6) is 0. The molecule has 0 aliphatic carbocycles. The minimum absolute atomic E-state index is 0.136. The number of para-hydroxylation sites is 1. The summed E-state index contributed by atoms with van der Waals surface area (Å²) in [7, 11) is 0. The first-order valence-electron chi connectivity index (χ1n) is 6.91. The number of nitrogens with zero attached hydrogens (tertiary/aromatic N) is 1. The summed E-state index contributed by atoms with van der Waals surface area (Å²) >= 11 is 8.10. The summed E-state index contributed by atoms with van der Waals surface area (Å²) in [5, 5.41) is 0.784. The summed E-state index contributed by atoms with van der Waals surface area (Å²) < 4.78 is 2.15. The summed E-state index contributed by atoms with van der Waals surface area (Å²) in [4.78, 5) is 1.30. The highest BCUT2D eigenvalue weighted by Gasteiger charge is 2.37. The molecule has 1 unspecified atom stereocenters. The third kappa shape index (κ3) is 1.94. The Morgan fingerprint density at radius 3 is 2.71 bits per heavy atom. The van der Waals surface area contributed by atoms with E-state index in [1.54, 1.807) is 0 Å². The molecule has 0 N–H and O–H groups in total. The van der Waals surface area contributed by atoms with Gasteiger partial charge in [-0.15, -0.1) is 11.8 Å². The highest BCUT2D eigenvalue weighted by atomic mass is 35.5. The monoisotopic (exact) mass is 311 g/mol. The van der Waals surface area contributed by atoms with E-state index >= 15 is 0 Å². The quantitative estimate of drug-likeness (QED) is 0.574. The lowest BCUT2D eigenvalue weighted by atomic mass is 9.96. The standard InChI is InChI=1S/C18H14ClNS/c1-18(13-6-4-7-14(19)12-13)17-10-5-11-20(17)15-8-2-3-9-16(15)21-18/h2-12H,1H3. The van der Waals surface area contributed by atoms with Gasteiger partial charge in [0.2, 0.25) is 0 Å². The van der Waals surface area contributed by atoms with Gasteiger partial charge in [-0.2, -0.15) is 0 Å². The van der Waals surface area contributed by atoms with Gasteiger partial charge in [0.1, 0.15) is 0 Å². The molecule has 21 heavy (non-hydrogen) atoms.